The van der Waals surface area contributed by atoms with Gasteiger partial charge in [0.2, 0.25) is 6.41 Å². The van der Waals surface area contributed by atoms with Gasteiger partial charge < -0.3 is 5.32 Å². The number of hydrogen-bond donors (Lipinski definition) is 1. The molecule has 0 saturated carbocycles. The second-order valence-corrected chi connectivity index (χ2v) is 2.80. The van der Waals surface area contributed by atoms with Crippen molar-refractivity contribution < 1.29 is 4.79 Å². The van der Waals surface area contributed by atoms with Crippen LogP contribution in [0.4, 0.5) is 0 Å². The van der Waals surface area contributed by atoms with E-state index in [9.17, 15) is 4.79 Å². The van der Waals surface area contributed by atoms with Gasteiger partial charge in [-0.1, -0.05) is 6.08 Å². The average Bonchev–Trinajstić information content (AvgIpc) is 2.50. The number of fused-ring (bicyclic) bond motifs is 1. The van der Waals surface area contributed by atoms with E-state index in [1.54, 1.807) is 0 Å². The van der Waals surface area contributed by atoms with Gasteiger partial charge >= 0.3 is 0 Å². The third-order valence-electron chi connectivity index (χ3n) is 2.08. The fourth-order valence-electron chi connectivity index (χ4n) is 1.47. The highest BCUT2D eigenvalue weighted by atomic mass is 16.1. The van der Waals surface area contributed by atoms with E-state index in [2.05, 4.69) is 11.4 Å². The first-order valence-corrected chi connectivity index (χ1v) is 3.77. The second-order valence-electron chi connectivity index (χ2n) is 2.80. The molecule has 2 aliphatic rings. The van der Waals surface area contributed by atoms with Gasteiger partial charge in [-0.3, -0.25) is 9.69 Å². The Morgan fingerprint density at radius 2 is 2.64 bits per heavy atom. The quantitative estimate of drug-likeness (QED) is 0.549. The molecule has 1 N–H and O–H groups in total. The van der Waals surface area contributed by atoms with Crippen LogP contribution in [-0.2, 0) is 4.79 Å². The number of allylic oxidation sites excluding steroid dienone is 1. The molecule has 2 aliphatic heterocycles. The molecule has 1 saturated heterocycles. The summed E-state index contributed by atoms with van der Waals surface area (Å²) in [7, 11) is 0. The third-order valence-corrected chi connectivity index (χ3v) is 2.08. The lowest BCUT2D eigenvalue weighted by atomic mass is 10.0. The van der Waals surface area contributed by atoms with Crippen LogP contribution in [0.5, 0.6) is 0 Å². The molecule has 0 radical (unpaired) electrons. The van der Waals surface area contributed by atoms with Gasteiger partial charge in [-0.15, -0.1) is 0 Å². The molecule has 2 rings (SSSR count). The Hall–Kier alpha value is -1.25. The highest BCUT2D eigenvalue weighted by molar-refractivity contribution is 5.52. The van der Waals surface area contributed by atoms with Crippen LogP contribution in [0.3, 0.4) is 0 Å². The molecule has 2 heterocycles. The zero-order valence-corrected chi connectivity index (χ0v) is 6.16. The van der Waals surface area contributed by atoms with Crippen molar-refractivity contribution in [3.63, 3.8) is 0 Å². The number of nitrogens with zero attached hydrogens (tertiary/aromatic N) is 1. The molecule has 11 heavy (non-hydrogen) atoms. The van der Waals surface area contributed by atoms with Crippen molar-refractivity contribution in [3.8, 4) is 0 Å². The van der Waals surface area contributed by atoms with Gasteiger partial charge in [-0.2, -0.15) is 0 Å². The lowest BCUT2D eigenvalue weighted by molar-refractivity contribution is -0.114. The molecule has 3 heteroatoms. The molecule has 3 nitrogen and oxygen atoms in total. The molecule has 0 bridgehead atoms. The lowest BCUT2D eigenvalue weighted by Gasteiger charge is -2.16. The van der Waals surface area contributed by atoms with Crippen molar-refractivity contribution in [2.24, 2.45) is 5.92 Å². The molecule has 1 amide bonds. The van der Waals surface area contributed by atoms with Crippen LogP contribution in [0, 0.1) is 5.92 Å². The van der Waals surface area contributed by atoms with E-state index in [0.29, 0.717) is 5.92 Å². The highest BCUT2D eigenvalue weighted by Crippen LogP contribution is 2.23. The Morgan fingerprint density at radius 3 is 3.45 bits per heavy atom. The maximum Gasteiger partial charge on any atom is 0.217 e. The zero-order valence-electron chi connectivity index (χ0n) is 6.16. The SMILES string of the molecule is O=CN1C=CC2CCNC2=C1. The smallest absolute Gasteiger partial charge is 0.217 e. The first-order chi connectivity index (χ1) is 5.40. The Labute approximate surface area is 65.4 Å². The summed E-state index contributed by atoms with van der Waals surface area (Å²) in [5.74, 6) is 0.520. The van der Waals surface area contributed by atoms with E-state index in [1.165, 1.54) is 10.6 Å². The summed E-state index contributed by atoms with van der Waals surface area (Å²) in [5, 5.41) is 3.23. The normalized spacial score (nSPS) is 27.5. The van der Waals surface area contributed by atoms with Crippen molar-refractivity contribution >= 4 is 6.41 Å². The van der Waals surface area contributed by atoms with Crippen LogP contribution in [0.25, 0.3) is 0 Å². The molecule has 0 spiro atoms. The van der Waals surface area contributed by atoms with Crippen molar-refractivity contribution in [2.45, 2.75) is 6.42 Å². The molecular formula is C8H10N2O. The van der Waals surface area contributed by atoms with Gasteiger partial charge in [0, 0.05) is 30.6 Å². The number of hydrogen-bond acceptors (Lipinski definition) is 2. The van der Waals surface area contributed by atoms with Gasteiger partial charge in [0.05, 0.1) is 0 Å². The first-order valence-electron chi connectivity index (χ1n) is 3.77. The van der Waals surface area contributed by atoms with Crippen LogP contribution in [0.2, 0.25) is 0 Å². The number of amides is 1. The topological polar surface area (TPSA) is 32.3 Å². The van der Waals surface area contributed by atoms with Gasteiger partial charge in [0.25, 0.3) is 0 Å². The third kappa shape index (κ3) is 1.02. The maximum absolute atomic E-state index is 10.4. The molecule has 0 aromatic heterocycles. The van der Waals surface area contributed by atoms with E-state index >= 15 is 0 Å². The summed E-state index contributed by atoms with van der Waals surface area (Å²) in [6.07, 6.45) is 7.68. The summed E-state index contributed by atoms with van der Waals surface area (Å²) in [5.41, 5.74) is 1.17. The number of carbonyl (C=O) groups is 1. The number of carbonyl (C=O) groups excluding carboxylic acids is 1. The van der Waals surface area contributed by atoms with Crippen molar-refractivity contribution in [1.29, 1.82) is 0 Å². The summed E-state index contributed by atoms with van der Waals surface area (Å²) in [6.45, 7) is 1.02. The molecule has 0 aliphatic carbocycles. The predicted molar refractivity (Wildman–Crippen MR) is 41.2 cm³/mol. The van der Waals surface area contributed by atoms with Crippen LogP contribution in [0.15, 0.2) is 24.2 Å². The Bertz CT molecular complexity index is 232. The molecule has 1 unspecified atom stereocenters. The van der Waals surface area contributed by atoms with E-state index in [-0.39, 0.29) is 0 Å². The largest absolute Gasteiger partial charge is 0.387 e. The van der Waals surface area contributed by atoms with Gasteiger partial charge in [-0.25, -0.2) is 0 Å². The van der Waals surface area contributed by atoms with Gasteiger partial charge in [0.1, 0.15) is 0 Å². The van der Waals surface area contributed by atoms with Gasteiger partial charge in [-0.05, 0) is 6.42 Å². The number of rotatable bonds is 1. The predicted octanol–water partition coefficient (Wildman–Crippen LogP) is 0.423. The Balaban J connectivity index is 2.21. The molecule has 1 fully saturated rings. The highest BCUT2D eigenvalue weighted by Gasteiger charge is 2.20. The molecule has 58 valence electrons. The zero-order chi connectivity index (χ0) is 7.68. The van der Waals surface area contributed by atoms with E-state index in [1.807, 2.05) is 12.4 Å². The standard InChI is InChI=1S/C8H10N2O/c11-6-10-4-2-7-1-3-9-8(7)5-10/h2,4-7,9H,1,3H2. The Kier molecular flexibility index (Phi) is 1.42. The maximum atomic E-state index is 10.4. The van der Waals surface area contributed by atoms with Crippen LogP contribution >= 0.6 is 0 Å². The summed E-state index contributed by atoms with van der Waals surface area (Å²) in [4.78, 5) is 11.9. The fraction of sp³-hybridized carbons (Fsp3) is 0.375. The summed E-state index contributed by atoms with van der Waals surface area (Å²) in [6, 6.07) is 0. The van der Waals surface area contributed by atoms with Crippen LogP contribution in [-0.4, -0.2) is 17.9 Å². The molecular weight excluding hydrogens is 140 g/mol. The lowest BCUT2D eigenvalue weighted by Crippen LogP contribution is -2.17. The molecule has 1 atom stereocenters. The summed E-state index contributed by atoms with van der Waals surface area (Å²) < 4.78 is 0. The fourth-order valence-corrected chi connectivity index (χ4v) is 1.47. The van der Waals surface area contributed by atoms with E-state index < -0.39 is 0 Å². The number of nitrogens with one attached hydrogen (secondary N) is 1. The molecule has 0 aromatic carbocycles. The second kappa shape index (κ2) is 2.42. The van der Waals surface area contributed by atoms with Crippen molar-refractivity contribution in [2.75, 3.05) is 6.54 Å². The van der Waals surface area contributed by atoms with Crippen LogP contribution in [0.1, 0.15) is 6.42 Å². The van der Waals surface area contributed by atoms with E-state index in [4.69, 9.17) is 0 Å². The summed E-state index contributed by atoms with van der Waals surface area (Å²) >= 11 is 0. The molecule has 0 aromatic rings. The minimum absolute atomic E-state index is 0.520. The van der Waals surface area contributed by atoms with Crippen molar-refractivity contribution in [3.05, 3.63) is 24.2 Å². The van der Waals surface area contributed by atoms with Crippen molar-refractivity contribution in [1.82, 2.24) is 10.2 Å². The van der Waals surface area contributed by atoms with Gasteiger partial charge in [0.15, 0.2) is 0 Å². The minimum Gasteiger partial charge on any atom is -0.387 e. The van der Waals surface area contributed by atoms with Crippen LogP contribution < -0.4 is 5.32 Å². The average molecular weight is 150 g/mol. The minimum atomic E-state index is 0.520. The first kappa shape index (κ1) is 6.46. The monoisotopic (exact) mass is 150 g/mol. The Morgan fingerprint density at radius 1 is 1.73 bits per heavy atom. The van der Waals surface area contributed by atoms with E-state index in [0.717, 1.165) is 19.4 Å².